The molecule has 2 aliphatic heterocycles. The molecule has 0 bridgehead atoms. The van der Waals surface area contributed by atoms with Crippen LogP contribution in [0.15, 0.2) is 48.0 Å². The number of phenols is 1. The number of carbonyl (C=O) groups excluding carboxylic acids is 2. The number of phenolic OH excluding ortho intramolecular Hbond substituents is 1. The summed E-state index contributed by atoms with van der Waals surface area (Å²) in [5, 5.41) is 21.2. The second-order valence-electron chi connectivity index (χ2n) is 8.70. The standard InChI is InChI=1S/C25H28N2O5/c1-15-12-18-13-17(8-9-20(18)32-15)23(29)21-22(16-6-4-7-19(28)14-16)27(25(31)24(21)30)11-5-10-26(2)3/h4,6-9,13-15,22,28-29H,5,10-12H2,1-3H3/b23-21+/t15-,22-/m1/s1. The van der Waals surface area contributed by atoms with Crippen molar-refractivity contribution in [3.05, 3.63) is 64.7 Å². The lowest BCUT2D eigenvalue weighted by Crippen LogP contribution is -2.32. The van der Waals surface area contributed by atoms with E-state index in [0.717, 1.165) is 17.9 Å². The first-order valence-corrected chi connectivity index (χ1v) is 10.8. The van der Waals surface area contributed by atoms with E-state index in [9.17, 15) is 19.8 Å². The Bertz CT molecular complexity index is 1090. The van der Waals surface area contributed by atoms with Gasteiger partial charge in [0.1, 0.15) is 23.4 Å². The van der Waals surface area contributed by atoms with E-state index >= 15 is 0 Å². The molecule has 2 N–H and O–H groups in total. The van der Waals surface area contributed by atoms with Gasteiger partial charge >= 0.3 is 0 Å². The molecule has 0 radical (unpaired) electrons. The van der Waals surface area contributed by atoms with Crippen molar-refractivity contribution >= 4 is 17.4 Å². The van der Waals surface area contributed by atoms with E-state index in [1.54, 1.807) is 24.3 Å². The number of nitrogens with zero attached hydrogens (tertiary/aromatic N) is 2. The van der Waals surface area contributed by atoms with Crippen LogP contribution < -0.4 is 4.74 Å². The number of aliphatic hydroxyl groups excluding tert-OH is 1. The number of aromatic hydroxyl groups is 1. The van der Waals surface area contributed by atoms with Gasteiger partial charge in [-0.1, -0.05) is 12.1 Å². The van der Waals surface area contributed by atoms with Gasteiger partial charge in [-0.05, 0) is 75.4 Å². The van der Waals surface area contributed by atoms with Crippen LogP contribution in [0.5, 0.6) is 11.5 Å². The van der Waals surface area contributed by atoms with E-state index in [0.29, 0.717) is 30.5 Å². The van der Waals surface area contributed by atoms with Gasteiger partial charge < -0.3 is 24.7 Å². The smallest absolute Gasteiger partial charge is 0.295 e. The molecule has 0 unspecified atom stereocenters. The zero-order valence-electron chi connectivity index (χ0n) is 18.5. The highest BCUT2D eigenvalue weighted by molar-refractivity contribution is 6.46. The normalized spacial score (nSPS) is 21.8. The summed E-state index contributed by atoms with van der Waals surface area (Å²) in [5.74, 6) is -0.774. The van der Waals surface area contributed by atoms with Crippen molar-refractivity contribution in [3.63, 3.8) is 0 Å². The Morgan fingerprint density at radius 3 is 2.69 bits per heavy atom. The molecule has 2 aromatic carbocycles. The highest BCUT2D eigenvalue weighted by Crippen LogP contribution is 2.41. The highest BCUT2D eigenvalue weighted by atomic mass is 16.5. The maximum absolute atomic E-state index is 13.1. The maximum atomic E-state index is 13.1. The van der Waals surface area contributed by atoms with Gasteiger partial charge in [-0.15, -0.1) is 0 Å². The van der Waals surface area contributed by atoms with Crippen LogP contribution in [-0.2, 0) is 16.0 Å². The number of aliphatic hydroxyl groups is 1. The van der Waals surface area contributed by atoms with Crippen LogP contribution in [0.1, 0.15) is 36.1 Å². The number of fused-ring (bicyclic) bond motifs is 1. The molecular formula is C25H28N2O5. The Kier molecular flexibility index (Phi) is 5.93. The first kappa shape index (κ1) is 21.9. The molecule has 168 valence electrons. The van der Waals surface area contributed by atoms with E-state index in [1.807, 2.05) is 32.0 Å². The fourth-order valence-electron chi connectivity index (χ4n) is 4.43. The van der Waals surface area contributed by atoms with Gasteiger partial charge in [0.15, 0.2) is 0 Å². The SMILES string of the molecule is C[C@@H]1Cc2cc(/C(O)=C3\C(=O)C(=O)N(CCCN(C)C)[C@@H]3c3cccc(O)c3)ccc2O1. The van der Waals surface area contributed by atoms with Gasteiger partial charge in [0.2, 0.25) is 0 Å². The molecule has 2 atom stereocenters. The molecule has 1 fully saturated rings. The van der Waals surface area contributed by atoms with Gasteiger partial charge in [-0.3, -0.25) is 9.59 Å². The van der Waals surface area contributed by atoms with Crippen LogP contribution in [0.2, 0.25) is 0 Å². The predicted molar refractivity (Wildman–Crippen MR) is 121 cm³/mol. The summed E-state index contributed by atoms with van der Waals surface area (Å²) in [6.45, 7) is 3.08. The minimum absolute atomic E-state index is 0.0325. The van der Waals surface area contributed by atoms with Crippen LogP contribution >= 0.6 is 0 Å². The molecule has 0 aliphatic carbocycles. The quantitative estimate of drug-likeness (QED) is 0.411. The van der Waals surface area contributed by atoms with E-state index in [1.165, 1.54) is 17.0 Å². The summed E-state index contributed by atoms with van der Waals surface area (Å²) in [6, 6.07) is 11.0. The average Bonchev–Trinajstić information content (AvgIpc) is 3.24. The van der Waals surface area contributed by atoms with Crippen molar-refractivity contribution in [2.24, 2.45) is 0 Å². The first-order valence-electron chi connectivity index (χ1n) is 10.8. The molecule has 0 spiro atoms. The van der Waals surface area contributed by atoms with Gasteiger partial charge in [0.25, 0.3) is 11.7 Å². The fourth-order valence-corrected chi connectivity index (χ4v) is 4.43. The lowest BCUT2D eigenvalue weighted by Gasteiger charge is -2.26. The number of benzene rings is 2. The molecule has 2 aliphatic rings. The second kappa shape index (κ2) is 8.67. The Balaban J connectivity index is 1.78. The summed E-state index contributed by atoms with van der Waals surface area (Å²) in [5.41, 5.74) is 2.04. The minimum Gasteiger partial charge on any atom is -0.508 e. The monoisotopic (exact) mass is 436 g/mol. The number of hydrogen-bond donors (Lipinski definition) is 2. The number of ketones is 1. The summed E-state index contributed by atoms with van der Waals surface area (Å²) >= 11 is 0. The van der Waals surface area contributed by atoms with Crippen molar-refractivity contribution in [1.29, 1.82) is 0 Å². The number of carbonyl (C=O) groups is 2. The molecule has 32 heavy (non-hydrogen) atoms. The van der Waals surface area contributed by atoms with Crippen LogP contribution in [0.25, 0.3) is 5.76 Å². The third-order valence-corrected chi connectivity index (χ3v) is 5.90. The summed E-state index contributed by atoms with van der Waals surface area (Å²) in [6.07, 6.45) is 1.44. The van der Waals surface area contributed by atoms with Gasteiger partial charge in [-0.25, -0.2) is 0 Å². The number of rotatable bonds is 6. The Hall–Kier alpha value is -3.32. The lowest BCUT2D eigenvalue weighted by molar-refractivity contribution is -0.139. The zero-order valence-corrected chi connectivity index (χ0v) is 18.5. The molecule has 2 heterocycles. The predicted octanol–water partition coefficient (Wildman–Crippen LogP) is 3.09. The molecule has 1 amide bonds. The van der Waals surface area contributed by atoms with Gasteiger partial charge in [0.05, 0.1) is 11.6 Å². The Labute approximate surface area is 187 Å². The Morgan fingerprint density at radius 2 is 1.97 bits per heavy atom. The number of likely N-dealkylation sites (tertiary alicyclic amines) is 1. The topological polar surface area (TPSA) is 90.3 Å². The van der Waals surface area contributed by atoms with Gasteiger partial charge in [0, 0.05) is 18.5 Å². The molecule has 0 saturated carbocycles. The van der Waals surface area contributed by atoms with E-state index in [4.69, 9.17) is 4.74 Å². The van der Waals surface area contributed by atoms with E-state index in [2.05, 4.69) is 0 Å². The van der Waals surface area contributed by atoms with Crippen molar-refractivity contribution in [2.45, 2.75) is 31.9 Å². The fraction of sp³-hybridized carbons (Fsp3) is 0.360. The van der Waals surface area contributed by atoms with Crippen LogP contribution in [0.3, 0.4) is 0 Å². The second-order valence-corrected chi connectivity index (χ2v) is 8.70. The maximum Gasteiger partial charge on any atom is 0.295 e. The van der Waals surface area contributed by atoms with Crippen LogP contribution in [0.4, 0.5) is 0 Å². The number of amides is 1. The van der Waals surface area contributed by atoms with Crippen molar-refractivity contribution in [1.82, 2.24) is 9.80 Å². The molecule has 4 rings (SSSR count). The molecule has 7 nitrogen and oxygen atoms in total. The lowest BCUT2D eigenvalue weighted by atomic mass is 9.94. The largest absolute Gasteiger partial charge is 0.508 e. The first-order chi connectivity index (χ1) is 15.3. The third kappa shape index (κ3) is 4.08. The minimum atomic E-state index is -0.771. The third-order valence-electron chi connectivity index (χ3n) is 5.90. The molecular weight excluding hydrogens is 408 g/mol. The van der Waals surface area contributed by atoms with Crippen LogP contribution in [-0.4, -0.2) is 65.0 Å². The highest BCUT2D eigenvalue weighted by Gasteiger charge is 2.46. The van der Waals surface area contributed by atoms with Crippen LogP contribution in [0, 0.1) is 0 Å². The summed E-state index contributed by atoms with van der Waals surface area (Å²) in [4.78, 5) is 29.5. The van der Waals surface area contributed by atoms with Crippen molar-refractivity contribution in [3.8, 4) is 11.5 Å². The zero-order chi connectivity index (χ0) is 23.0. The van der Waals surface area contributed by atoms with Crippen molar-refractivity contribution in [2.75, 3.05) is 27.2 Å². The van der Waals surface area contributed by atoms with E-state index in [-0.39, 0.29) is 23.2 Å². The number of hydrogen-bond acceptors (Lipinski definition) is 6. The molecule has 2 aromatic rings. The Morgan fingerprint density at radius 1 is 1.19 bits per heavy atom. The van der Waals surface area contributed by atoms with Crippen molar-refractivity contribution < 1.29 is 24.5 Å². The molecule has 7 heteroatoms. The average molecular weight is 437 g/mol. The molecule has 0 aromatic heterocycles. The summed E-state index contributed by atoms with van der Waals surface area (Å²) < 4.78 is 5.73. The van der Waals surface area contributed by atoms with Gasteiger partial charge in [-0.2, -0.15) is 0 Å². The molecule has 1 saturated heterocycles. The van der Waals surface area contributed by atoms with E-state index < -0.39 is 17.7 Å². The number of ether oxygens (including phenoxy) is 1. The summed E-state index contributed by atoms with van der Waals surface area (Å²) in [7, 11) is 3.89. The number of Topliss-reactive ketones (excluding diaryl/α,β-unsaturated/α-hetero) is 1.